The highest BCUT2D eigenvalue weighted by atomic mass is 16.6. The third kappa shape index (κ3) is 3.44. The van der Waals surface area contributed by atoms with Crippen LogP contribution in [-0.2, 0) is 17.9 Å². The van der Waals surface area contributed by atoms with Gasteiger partial charge in [-0.15, -0.1) is 0 Å². The Balaban J connectivity index is 2.42. The summed E-state index contributed by atoms with van der Waals surface area (Å²) in [4.78, 5) is 22.7. The van der Waals surface area contributed by atoms with E-state index in [2.05, 4.69) is 0 Å². The number of hydrogen-bond acceptors (Lipinski definition) is 5. The van der Waals surface area contributed by atoms with E-state index < -0.39 is 10.5 Å². The molecule has 0 aliphatic rings. The average Bonchev–Trinajstić information content (AvgIpc) is 2.52. The Labute approximate surface area is 132 Å². The fraction of sp³-hybridized carbons (Fsp3) is 0.250. The highest BCUT2D eigenvalue weighted by molar-refractivity contribution is 5.38. The van der Waals surface area contributed by atoms with Gasteiger partial charge in [0.2, 0.25) is 0 Å². The molecule has 0 bridgehead atoms. The molecule has 2 aromatic rings. The lowest BCUT2D eigenvalue weighted by molar-refractivity contribution is -0.384. The van der Waals surface area contributed by atoms with E-state index in [4.69, 9.17) is 4.74 Å². The molecule has 2 rings (SSSR count). The predicted molar refractivity (Wildman–Crippen MR) is 83.1 cm³/mol. The summed E-state index contributed by atoms with van der Waals surface area (Å²) in [5.74, 6) is 0. The Morgan fingerprint density at radius 2 is 2.00 bits per heavy atom. The van der Waals surface area contributed by atoms with Crippen LogP contribution in [0.4, 0.5) is 5.69 Å². The van der Waals surface area contributed by atoms with Gasteiger partial charge in [0.05, 0.1) is 18.1 Å². The molecule has 0 saturated carbocycles. The normalized spacial score (nSPS) is 10.3. The first-order valence-electron chi connectivity index (χ1n) is 6.83. The van der Waals surface area contributed by atoms with E-state index in [0.717, 1.165) is 5.56 Å². The van der Waals surface area contributed by atoms with Crippen LogP contribution in [0.25, 0.3) is 0 Å². The van der Waals surface area contributed by atoms with E-state index in [0.29, 0.717) is 11.3 Å². The van der Waals surface area contributed by atoms with Crippen LogP contribution in [0.1, 0.15) is 22.4 Å². The molecule has 0 unspecified atom stereocenters. The first-order valence-corrected chi connectivity index (χ1v) is 6.83. The van der Waals surface area contributed by atoms with Gasteiger partial charge in [0.15, 0.2) is 0 Å². The number of aryl methyl sites for hydroxylation is 1. The van der Waals surface area contributed by atoms with Crippen molar-refractivity contribution in [3.8, 4) is 6.07 Å². The number of aromatic nitrogens is 1. The number of nitriles is 1. The molecule has 1 aromatic carbocycles. The van der Waals surface area contributed by atoms with Crippen LogP contribution in [0, 0.1) is 28.4 Å². The van der Waals surface area contributed by atoms with Crippen LogP contribution in [0.2, 0.25) is 0 Å². The Kier molecular flexibility index (Phi) is 4.88. The SMILES string of the molecule is COCc1cc(C)n(Cc2ccc([N+](=O)[O-])cc2)c(=O)c1C#N. The molecule has 0 saturated heterocycles. The topological polar surface area (TPSA) is 98.2 Å². The first kappa shape index (κ1) is 16.4. The van der Waals surface area contributed by atoms with Gasteiger partial charge in [-0.3, -0.25) is 14.9 Å². The molecule has 0 aliphatic heterocycles. The van der Waals surface area contributed by atoms with Crippen molar-refractivity contribution in [3.05, 3.63) is 73.2 Å². The van der Waals surface area contributed by atoms with Crippen molar-refractivity contribution in [2.45, 2.75) is 20.1 Å². The molecule has 0 amide bonds. The van der Waals surface area contributed by atoms with Crippen molar-refractivity contribution in [3.63, 3.8) is 0 Å². The van der Waals surface area contributed by atoms with E-state index in [1.165, 1.54) is 23.8 Å². The molecule has 0 aliphatic carbocycles. The molecule has 1 heterocycles. The molecule has 23 heavy (non-hydrogen) atoms. The fourth-order valence-electron chi connectivity index (χ4n) is 2.33. The third-order valence-corrected chi connectivity index (χ3v) is 3.49. The third-order valence-electron chi connectivity index (χ3n) is 3.49. The first-order chi connectivity index (χ1) is 11.0. The van der Waals surface area contributed by atoms with E-state index >= 15 is 0 Å². The van der Waals surface area contributed by atoms with Gasteiger partial charge < -0.3 is 9.30 Å². The predicted octanol–water partition coefficient (Wildman–Crippen LogP) is 2.13. The lowest BCUT2D eigenvalue weighted by atomic mass is 10.1. The summed E-state index contributed by atoms with van der Waals surface area (Å²) >= 11 is 0. The van der Waals surface area contributed by atoms with E-state index in [-0.39, 0.29) is 24.4 Å². The number of methoxy groups -OCH3 is 1. The van der Waals surface area contributed by atoms with Crippen LogP contribution in [0.15, 0.2) is 35.1 Å². The van der Waals surface area contributed by atoms with Crippen LogP contribution < -0.4 is 5.56 Å². The zero-order valence-electron chi connectivity index (χ0n) is 12.8. The number of non-ortho nitro benzene ring substituents is 1. The fourth-order valence-corrected chi connectivity index (χ4v) is 2.33. The number of pyridine rings is 1. The van der Waals surface area contributed by atoms with Crippen molar-refractivity contribution >= 4 is 5.69 Å². The van der Waals surface area contributed by atoms with E-state index in [1.807, 2.05) is 6.07 Å². The molecule has 0 spiro atoms. The highest BCUT2D eigenvalue weighted by Gasteiger charge is 2.13. The number of ether oxygens (including phenoxy) is 1. The number of hydrogen-bond donors (Lipinski definition) is 0. The minimum absolute atomic E-state index is 0.00836. The van der Waals surface area contributed by atoms with Gasteiger partial charge in [-0.2, -0.15) is 5.26 Å². The minimum Gasteiger partial charge on any atom is -0.380 e. The largest absolute Gasteiger partial charge is 0.380 e. The van der Waals surface area contributed by atoms with Crippen molar-refractivity contribution in [2.75, 3.05) is 7.11 Å². The lowest BCUT2D eigenvalue weighted by Gasteiger charge is -2.13. The Hall–Kier alpha value is -2.98. The molecule has 0 N–H and O–H groups in total. The summed E-state index contributed by atoms with van der Waals surface area (Å²) in [5, 5.41) is 19.9. The molecule has 118 valence electrons. The summed E-state index contributed by atoms with van der Waals surface area (Å²) in [6.45, 7) is 2.20. The second-order valence-electron chi connectivity index (χ2n) is 5.05. The average molecular weight is 313 g/mol. The van der Waals surface area contributed by atoms with Crippen LogP contribution in [-0.4, -0.2) is 16.6 Å². The van der Waals surface area contributed by atoms with Gasteiger partial charge >= 0.3 is 0 Å². The van der Waals surface area contributed by atoms with Crippen molar-refractivity contribution in [1.29, 1.82) is 5.26 Å². The van der Waals surface area contributed by atoms with Crippen LogP contribution in [0.5, 0.6) is 0 Å². The molecule has 1 aromatic heterocycles. The molecular weight excluding hydrogens is 298 g/mol. The van der Waals surface area contributed by atoms with Crippen molar-refractivity contribution in [2.24, 2.45) is 0 Å². The maximum Gasteiger partial charge on any atom is 0.269 e. The van der Waals surface area contributed by atoms with Gasteiger partial charge in [-0.25, -0.2) is 0 Å². The van der Waals surface area contributed by atoms with Crippen molar-refractivity contribution < 1.29 is 9.66 Å². The Morgan fingerprint density at radius 3 is 2.52 bits per heavy atom. The Morgan fingerprint density at radius 1 is 1.35 bits per heavy atom. The second kappa shape index (κ2) is 6.85. The number of rotatable bonds is 5. The van der Waals surface area contributed by atoms with Gasteiger partial charge in [0.1, 0.15) is 11.6 Å². The van der Waals surface area contributed by atoms with Gasteiger partial charge in [-0.05, 0) is 18.6 Å². The molecular formula is C16H15N3O4. The van der Waals surface area contributed by atoms with Crippen molar-refractivity contribution in [1.82, 2.24) is 4.57 Å². The minimum atomic E-state index is -0.478. The van der Waals surface area contributed by atoms with Gasteiger partial charge in [-0.1, -0.05) is 12.1 Å². The molecule has 7 nitrogen and oxygen atoms in total. The monoisotopic (exact) mass is 313 g/mol. The maximum absolute atomic E-state index is 12.5. The second-order valence-corrected chi connectivity index (χ2v) is 5.05. The highest BCUT2D eigenvalue weighted by Crippen LogP contribution is 2.14. The van der Waals surface area contributed by atoms with Gasteiger partial charge in [0.25, 0.3) is 11.2 Å². The maximum atomic E-state index is 12.5. The number of benzene rings is 1. The summed E-state index contributed by atoms with van der Waals surface area (Å²) in [6, 6.07) is 9.64. The molecule has 7 heteroatoms. The van der Waals surface area contributed by atoms with Crippen LogP contribution in [0.3, 0.4) is 0 Å². The van der Waals surface area contributed by atoms with E-state index in [9.17, 15) is 20.2 Å². The molecule has 0 fully saturated rings. The quantitative estimate of drug-likeness (QED) is 0.622. The number of nitro benzene ring substituents is 1. The standard InChI is InChI=1S/C16H15N3O4/c1-11-7-13(10-23-2)15(8-17)16(20)18(11)9-12-3-5-14(6-4-12)19(21)22/h3-7H,9-10H2,1-2H3. The Bertz CT molecular complexity index is 832. The smallest absolute Gasteiger partial charge is 0.269 e. The number of nitrogens with zero attached hydrogens (tertiary/aromatic N) is 3. The summed E-state index contributed by atoms with van der Waals surface area (Å²) in [7, 11) is 1.50. The lowest BCUT2D eigenvalue weighted by Crippen LogP contribution is -2.27. The molecule has 0 radical (unpaired) electrons. The van der Waals surface area contributed by atoms with Crippen LogP contribution >= 0.6 is 0 Å². The molecule has 0 atom stereocenters. The number of nitro groups is 1. The zero-order chi connectivity index (χ0) is 17.0. The summed E-state index contributed by atoms with van der Waals surface area (Å²) in [5.41, 5.74) is 1.64. The summed E-state index contributed by atoms with van der Waals surface area (Å²) in [6.07, 6.45) is 0. The summed E-state index contributed by atoms with van der Waals surface area (Å²) < 4.78 is 6.48. The van der Waals surface area contributed by atoms with E-state index in [1.54, 1.807) is 25.1 Å². The zero-order valence-corrected chi connectivity index (χ0v) is 12.8. The van der Waals surface area contributed by atoms with Gasteiger partial charge in [0, 0.05) is 30.5 Å².